The molecule has 1 N–H and O–H groups in total. The summed E-state index contributed by atoms with van der Waals surface area (Å²) in [5.41, 5.74) is 0. The Morgan fingerprint density at radius 1 is 1.50 bits per heavy atom. The lowest BCUT2D eigenvalue weighted by Gasteiger charge is -2.20. The molecule has 0 saturated heterocycles. The SMILES string of the molecule is C=CCN(CC(=O)Nc1ccon1)C(=O)CCCCC. The minimum atomic E-state index is -0.301. The van der Waals surface area contributed by atoms with Crippen molar-refractivity contribution in [3.8, 4) is 0 Å². The van der Waals surface area contributed by atoms with Crippen LogP contribution in [0.5, 0.6) is 0 Å². The van der Waals surface area contributed by atoms with Gasteiger partial charge in [-0.1, -0.05) is 31.0 Å². The Labute approximate surface area is 118 Å². The van der Waals surface area contributed by atoms with Gasteiger partial charge < -0.3 is 14.7 Å². The Hall–Kier alpha value is -2.11. The molecule has 1 aromatic heterocycles. The van der Waals surface area contributed by atoms with Gasteiger partial charge in [0, 0.05) is 19.0 Å². The van der Waals surface area contributed by atoms with Crippen LogP contribution in [-0.2, 0) is 9.59 Å². The van der Waals surface area contributed by atoms with Gasteiger partial charge in [0.15, 0.2) is 5.82 Å². The van der Waals surface area contributed by atoms with Gasteiger partial charge in [-0.05, 0) is 6.42 Å². The second-order valence-electron chi connectivity index (χ2n) is 4.45. The summed E-state index contributed by atoms with van der Waals surface area (Å²) < 4.78 is 4.62. The molecule has 6 nitrogen and oxygen atoms in total. The van der Waals surface area contributed by atoms with Crippen LogP contribution in [0.25, 0.3) is 0 Å². The molecule has 20 heavy (non-hydrogen) atoms. The van der Waals surface area contributed by atoms with Crippen LogP contribution in [0.15, 0.2) is 29.5 Å². The lowest BCUT2D eigenvalue weighted by atomic mass is 10.2. The van der Waals surface area contributed by atoms with Gasteiger partial charge in [0.1, 0.15) is 12.8 Å². The molecule has 6 heteroatoms. The third-order valence-corrected chi connectivity index (χ3v) is 2.74. The molecule has 0 aliphatic carbocycles. The molecule has 110 valence electrons. The van der Waals surface area contributed by atoms with Gasteiger partial charge in [-0.2, -0.15) is 0 Å². The average Bonchev–Trinajstić information content (AvgIpc) is 2.91. The van der Waals surface area contributed by atoms with E-state index in [0.717, 1.165) is 19.3 Å². The topological polar surface area (TPSA) is 75.4 Å². The number of aromatic nitrogens is 1. The standard InChI is InChI=1S/C14H21N3O3/c1-3-5-6-7-14(19)17(9-4-2)11-13(18)15-12-8-10-20-16-12/h4,8,10H,2-3,5-7,9,11H2,1H3,(H,15,16,18). The van der Waals surface area contributed by atoms with Crippen LogP contribution in [0.4, 0.5) is 5.82 Å². The van der Waals surface area contributed by atoms with Crippen molar-refractivity contribution >= 4 is 17.6 Å². The fourth-order valence-electron chi connectivity index (χ4n) is 1.73. The van der Waals surface area contributed by atoms with Gasteiger partial charge in [-0.15, -0.1) is 6.58 Å². The molecule has 0 fully saturated rings. The summed E-state index contributed by atoms with van der Waals surface area (Å²) in [6.07, 6.45) is 6.35. The van der Waals surface area contributed by atoms with Crippen LogP contribution in [0.3, 0.4) is 0 Å². The van der Waals surface area contributed by atoms with E-state index in [0.29, 0.717) is 18.8 Å². The summed E-state index contributed by atoms with van der Waals surface area (Å²) in [7, 11) is 0. The van der Waals surface area contributed by atoms with Gasteiger partial charge in [0.05, 0.1) is 0 Å². The van der Waals surface area contributed by atoms with Crippen LogP contribution in [0.1, 0.15) is 32.6 Å². The Kier molecular flexibility index (Phi) is 7.10. The van der Waals surface area contributed by atoms with Crippen molar-refractivity contribution in [2.24, 2.45) is 0 Å². The molecule has 0 aromatic carbocycles. The molecule has 1 aromatic rings. The zero-order valence-electron chi connectivity index (χ0n) is 11.8. The summed E-state index contributed by atoms with van der Waals surface area (Å²) in [5.74, 6) is 0.00484. The Morgan fingerprint density at radius 3 is 2.90 bits per heavy atom. The number of carbonyl (C=O) groups excluding carboxylic acids is 2. The van der Waals surface area contributed by atoms with Gasteiger partial charge >= 0.3 is 0 Å². The highest BCUT2D eigenvalue weighted by Gasteiger charge is 2.16. The Bertz CT molecular complexity index is 429. The van der Waals surface area contributed by atoms with Gasteiger partial charge in [-0.3, -0.25) is 9.59 Å². The zero-order chi connectivity index (χ0) is 14.8. The quantitative estimate of drug-likeness (QED) is 0.555. The number of anilines is 1. The van der Waals surface area contributed by atoms with Crippen LogP contribution in [0.2, 0.25) is 0 Å². The molecule has 0 aliphatic rings. The number of hydrogen-bond donors (Lipinski definition) is 1. The zero-order valence-corrected chi connectivity index (χ0v) is 11.8. The van der Waals surface area contributed by atoms with Crippen LogP contribution in [-0.4, -0.2) is 35.0 Å². The van der Waals surface area contributed by atoms with Crippen molar-refractivity contribution in [2.75, 3.05) is 18.4 Å². The normalized spacial score (nSPS) is 10.1. The highest BCUT2D eigenvalue weighted by atomic mass is 16.5. The lowest BCUT2D eigenvalue weighted by Crippen LogP contribution is -2.38. The monoisotopic (exact) mass is 279 g/mol. The number of carbonyl (C=O) groups is 2. The van der Waals surface area contributed by atoms with E-state index in [9.17, 15) is 9.59 Å². The summed E-state index contributed by atoms with van der Waals surface area (Å²) >= 11 is 0. The molecule has 0 unspecified atom stereocenters. The van der Waals surface area contributed by atoms with Gasteiger partial charge in [0.25, 0.3) is 0 Å². The highest BCUT2D eigenvalue weighted by molar-refractivity contribution is 5.93. The number of rotatable bonds is 9. The van der Waals surface area contributed by atoms with Crippen molar-refractivity contribution < 1.29 is 14.1 Å². The van der Waals surface area contributed by atoms with E-state index >= 15 is 0 Å². The van der Waals surface area contributed by atoms with E-state index in [-0.39, 0.29) is 18.4 Å². The minimum absolute atomic E-state index is 0.0101. The summed E-state index contributed by atoms with van der Waals surface area (Å²) in [6, 6.07) is 1.54. The van der Waals surface area contributed by atoms with E-state index in [1.165, 1.54) is 11.2 Å². The predicted molar refractivity (Wildman–Crippen MR) is 76.1 cm³/mol. The lowest BCUT2D eigenvalue weighted by molar-refractivity contribution is -0.134. The fourth-order valence-corrected chi connectivity index (χ4v) is 1.73. The van der Waals surface area contributed by atoms with Crippen molar-refractivity contribution in [3.05, 3.63) is 25.0 Å². The number of amides is 2. The summed E-state index contributed by atoms with van der Waals surface area (Å²) in [4.78, 5) is 25.3. The number of nitrogens with one attached hydrogen (secondary N) is 1. The Balaban J connectivity index is 2.46. The first-order valence-electron chi connectivity index (χ1n) is 6.76. The van der Waals surface area contributed by atoms with Crippen LogP contribution < -0.4 is 5.32 Å². The first kappa shape index (κ1) is 15.9. The number of nitrogens with zero attached hydrogens (tertiary/aromatic N) is 2. The fraction of sp³-hybridized carbons (Fsp3) is 0.500. The molecule has 0 bridgehead atoms. The van der Waals surface area contributed by atoms with Crippen LogP contribution in [0, 0.1) is 0 Å². The van der Waals surface area contributed by atoms with Crippen LogP contribution >= 0.6 is 0 Å². The largest absolute Gasteiger partial charge is 0.363 e. The first-order valence-corrected chi connectivity index (χ1v) is 6.76. The molecule has 0 spiro atoms. The number of hydrogen-bond acceptors (Lipinski definition) is 4. The van der Waals surface area contributed by atoms with E-state index in [4.69, 9.17) is 0 Å². The van der Waals surface area contributed by atoms with E-state index in [1.54, 1.807) is 12.1 Å². The second-order valence-corrected chi connectivity index (χ2v) is 4.45. The van der Waals surface area contributed by atoms with E-state index in [1.807, 2.05) is 0 Å². The highest BCUT2D eigenvalue weighted by Crippen LogP contribution is 2.05. The maximum absolute atomic E-state index is 12.0. The maximum Gasteiger partial charge on any atom is 0.245 e. The smallest absolute Gasteiger partial charge is 0.245 e. The van der Waals surface area contributed by atoms with Crippen molar-refractivity contribution in [2.45, 2.75) is 32.6 Å². The van der Waals surface area contributed by atoms with E-state index < -0.39 is 0 Å². The minimum Gasteiger partial charge on any atom is -0.363 e. The third kappa shape index (κ3) is 5.69. The molecular weight excluding hydrogens is 258 g/mol. The number of unbranched alkanes of at least 4 members (excludes halogenated alkanes) is 2. The molecule has 1 heterocycles. The maximum atomic E-state index is 12.0. The van der Waals surface area contributed by atoms with Crippen molar-refractivity contribution in [3.63, 3.8) is 0 Å². The Morgan fingerprint density at radius 2 is 2.30 bits per heavy atom. The van der Waals surface area contributed by atoms with Gasteiger partial charge in [0.2, 0.25) is 11.8 Å². The molecular formula is C14H21N3O3. The first-order chi connectivity index (χ1) is 9.67. The molecule has 0 aliphatic heterocycles. The van der Waals surface area contributed by atoms with Gasteiger partial charge in [-0.25, -0.2) is 0 Å². The second kappa shape index (κ2) is 8.90. The van der Waals surface area contributed by atoms with Crippen molar-refractivity contribution in [1.82, 2.24) is 10.1 Å². The van der Waals surface area contributed by atoms with Crippen molar-refractivity contribution in [1.29, 1.82) is 0 Å². The average molecular weight is 279 g/mol. The molecule has 1 rings (SSSR count). The molecule has 0 radical (unpaired) electrons. The summed E-state index contributed by atoms with van der Waals surface area (Å²) in [6.45, 7) is 6.04. The predicted octanol–water partition coefficient (Wildman–Crippen LogP) is 2.21. The third-order valence-electron chi connectivity index (χ3n) is 2.74. The molecule has 0 saturated carbocycles. The summed E-state index contributed by atoms with van der Waals surface area (Å²) in [5, 5.41) is 6.15. The molecule has 0 atom stereocenters. The molecule has 2 amide bonds. The van der Waals surface area contributed by atoms with E-state index in [2.05, 4.69) is 28.5 Å².